The molecule has 0 unspecified atom stereocenters. The van der Waals surface area contributed by atoms with Crippen LogP contribution in [0.25, 0.3) is 0 Å². The van der Waals surface area contributed by atoms with Crippen LogP contribution in [0.15, 0.2) is 42.6 Å². The zero-order chi connectivity index (χ0) is 21.5. The van der Waals surface area contributed by atoms with Crippen LogP contribution in [0.5, 0.6) is 0 Å². The first-order valence-electron chi connectivity index (χ1n) is 10.6. The van der Waals surface area contributed by atoms with Crippen molar-refractivity contribution in [2.24, 2.45) is 0 Å². The fourth-order valence-corrected chi connectivity index (χ4v) is 3.50. The normalized spacial score (nSPS) is 14.4. The predicted molar refractivity (Wildman–Crippen MR) is 119 cm³/mol. The van der Waals surface area contributed by atoms with Crippen molar-refractivity contribution in [3.63, 3.8) is 0 Å². The van der Waals surface area contributed by atoms with Crippen LogP contribution >= 0.6 is 0 Å². The van der Waals surface area contributed by atoms with E-state index in [2.05, 4.69) is 41.0 Å². The van der Waals surface area contributed by atoms with Crippen molar-refractivity contribution in [2.45, 2.75) is 20.4 Å². The van der Waals surface area contributed by atoms with Gasteiger partial charge in [0.25, 0.3) is 11.8 Å². The number of piperazine rings is 1. The molecule has 1 saturated heterocycles. The number of amides is 2. The number of aromatic nitrogens is 1. The lowest BCUT2D eigenvalue weighted by molar-refractivity contribution is 0.0664. The van der Waals surface area contributed by atoms with E-state index >= 15 is 0 Å². The Hall–Kier alpha value is -2.93. The average molecular weight is 410 g/mol. The van der Waals surface area contributed by atoms with Crippen LogP contribution in [-0.2, 0) is 6.54 Å². The highest BCUT2D eigenvalue weighted by atomic mass is 16.2. The molecule has 1 aromatic carbocycles. The maximum Gasteiger partial charge on any atom is 0.253 e. The summed E-state index contributed by atoms with van der Waals surface area (Å²) in [5.41, 5.74) is 2.17. The maximum absolute atomic E-state index is 12.6. The molecule has 3 rings (SSSR count). The number of likely N-dealkylation sites (N-methyl/N-ethyl adjacent to an activating group) is 1. The second-order valence-electron chi connectivity index (χ2n) is 7.55. The monoisotopic (exact) mass is 409 g/mol. The number of carbonyl (C=O) groups excluding carboxylic acids is 2. The lowest BCUT2D eigenvalue weighted by atomic mass is 10.1. The van der Waals surface area contributed by atoms with Crippen molar-refractivity contribution >= 4 is 17.6 Å². The molecule has 1 aromatic heterocycles. The highest BCUT2D eigenvalue weighted by molar-refractivity contribution is 5.95. The van der Waals surface area contributed by atoms with Gasteiger partial charge in [-0.3, -0.25) is 9.59 Å². The summed E-state index contributed by atoms with van der Waals surface area (Å²) in [6.07, 6.45) is 1.61. The van der Waals surface area contributed by atoms with Gasteiger partial charge >= 0.3 is 0 Å². The Morgan fingerprint density at radius 3 is 2.17 bits per heavy atom. The van der Waals surface area contributed by atoms with Crippen LogP contribution in [0.4, 0.5) is 5.82 Å². The highest BCUT2D eigenvalue weighted by Crippen LogP contribution is 2.12. The molecular weight excluding hydrogens is 378 g/mol. The third-order valence-corrected chi connectivity index (χ3v) is 5.54. The number of rotatable bonds is 7. The second kappa shape index (κ2) is 10.2. The molecule has 7 nitrogen and oxygen atoms in total. The number of nitrogens with zero attached hydrogens (tertiary/aromatic N) is 4. The Labute approximate surface area is 178 Å². The minimum absolute atomic E-state index is 0.0676. The van der Waals surface area contributed by atoms with Gasteiger partial charge in [0, 0.05) is 57.6 Å². The molecule has 7 heteroatoms. The minimum Gasteiger partial charge on any atom is -0.357 e. The molecule has 1 fully saturated rings. The van der Waals surface area contributed by atoms with E-state index < -0.39 is 0 Å². The van der Waals surface area contributed by atoms with Gasteiger partial charge in [-0.2, -0.15) is 0 Å². The molecule has 160 valence electrons. The summed E-state index contributed by atoms with van der Waals surface area (Å²) in [5, 5.41) is 2.92. The largest absolute Gasteiger partial charge is 0.357 e. The fraction of sp³-hybridized carbons (Fsp3) is 0.435. The Morgan fingerprint density at radius 1 is 0.967 bits per heavy atom. The topological polar surface area (TPSA) is 68.8 Å². The molecule has 1 aliphatic heterocycles. The van der Waals surface area contributed by atoms with E-state index in [0.717, 1.165) is 50.6 Å². The molecule has 30 heavy (non-hydrogen) atoms. The van der Waals surface area contributed by atoms with Crippen LogP contribution in [0.1, 0.15) is 40.1 Å². The number of pyridine rings is 1. The third kappa shape index (κ3) is 5.36. The summed E-state index contributed by atoms with van der Waals surface area (Å²) in [6.45, 7) is 9.64. The van der Waals surface area contributed by atoms with E-state index in [1.165, 1.54) is 0 Å². The SMILES string of the molecule is CCN(CC)c1ccc(C(=O)NCc2ccc(C(=O)N3CCN(C)CC3)cc2)cn1. The molecule has 1 aliphatic rings. The summed E-state index contributed by atoms with van der Waals surface area (Å²) in [6, 6.07) is 11.1. The van der Waals surface area contributed by atoms with Gasteiger partial charge in [0.15, 0.2) is 0 Å². The van der Waals surface area contributed by atoms with Crippen molar-refractivity contribution < 1.29 is 9.59 Å². The Bertz CT molecular complexity index is 839. The van der Waals surface area contributed by atoms with Gasteiger partial charge in [0.2, 0.25) is 0 Å². The van der Waals surface area contributed by atoms with Crippen molar-refractivity contribution in [3.8, 4) is 0 Å². The minimum atomic E-state index is -0.161. The number of hydrogen-bond donors (Lipinski definition) is 1. The molecule has 0 spiro atoms. The molecule has 0 aliphatic carbocycles. The summed E-state index contributed by atoms with van der Waals surface area (Å²) < 4.78 is 0. The first-order valence-corrected chi connectivity index (χ1v) is 10.6. The summed E-state index contributed by atoms with van der Waals surface area (Å²) in [5.74, 6) is 0.779. The van der Waals surface area contributed by atoms with Gasteiger partial charge in [0.1, 0.15) is 5.82 Å². The lowest BCUT2D eigenvalue weighted by Crippen LogP contribution is -2.47. The Balaban J connectivity index is 1.53. The smallest absolute Gasteiger partial charge is 0.253 e. The number of nitrogens with one attached hydrogen (secondary N) is 1. The van der Waals surface area contributed by atoms with Crippen LogP contribution in [0, 0.1) is 0 Å². The van der Waals surface area contributed by atoms with Crippen LogP contribution < -0.4 is 10.2 Å². The molecule has 1 N–H and O–H groups in total. The van der Waals surface area contributed by atoms with Gasteiger partial charge in [-0.1, -0.05) is 12.1 Å². The van der Waals surface area contributed by atoms with E-state index in [4.69, 9.17) is 0 Å². The first kappa shape index (κ1) is 21.8. The average Bonchev–Trinajstić information content (AvgIpc) is 2.79. The number of carbonyl (C=O) groups is 2. The van der Waals surface area contributed by atoms with Crippen molar-refractivity contribution in [3.05, 3.63) is 59.3 Å². The van der Waals surface area contributed by atoms with E-state index in [-0.39, 0.29) is 11.8 Å². The summed E-state index contributed by atoms with van der Waals surface area (Å²) in [7, 11) is 2.07. The standard InChI is InChI=1S/C23H31N5O2/c1-4-27(5-2)21-11-10-20(17-24-21)22(29)25-16-18-6-8-19(9-7-18)23(30)28-14-12-26(3)13-15-28/h6-11,17H,4-5,12-16H2,1-3H3,(H,25,29). The van der Waals surface area contributed by atoms with Gasteiger partial charge in [0.05, 0.1) is 5.56 Å². The van der Waals surface area contributed by atoms with Crippen LogP contribution in [0.3, 0.4) is 0 Å². The van der Waals surface area contributed by atoms with Crippen molar-refractivity contribution in [2.75, 3.05) is 51.2 Å². The quantitative estimate of drug-likeness (QED) is 0.760. The molecule has 0 radical (unpaired) electrons. The van der Waals surface area contributed by atoms with Crippen LogP contribution in [0.2, 0.25) is 0 Å². The molecule has 0 bridgehead atoms. The number of hydrogen-bond acceptors (Lipinski definition) is 5. The van der Waals surface area contributed by atoms with Gasteiger partial charge in [-0.15, -0.1) is 0 Å². The molecule has 2 aromatic rings. The second-order valence-corrected chi connectivity index (χ2v) is 7.55. The maximum atomic E-state index is 12.6. The van der Waals surface area contributed by atoms with Gasteiger partial charge in [-0.25, -0.2) is 4.98 Å². The van der Waals surface area contributed by atoms with E-state index in [9.17, 15) is 9.59 Å². The zero-order valence-electron chi connectivity index (χ0n) is 18.1. The molecule has 2 heterocycles. The first-order chi connectivity index (χ1) is 14.5. The van der Waals surface area contributed by atoms with Gasteiger partial charge in [-0.05, 0) is 50.7 Å². The Morgan fingerprint density at radius 2 is 1.60 bits per heavy atom. The van der Waals surface area contributed by atoms with Crippen molar-refractivity contribution in [1.29, 1.82) is 0 Å². The molecule has 0 saturated carbocycles. The van der Waals surface area contributed by atoms with E-state index in [0.29, 0.717) is 17.7 Å². The van der Waals surface area contributed by atoms with E-state index in [1.807, 2.05) is 35.2 Å². The highest BCUT2D eigenvalue weighted by Gasteiger charge is 2.20. The van der Waals surface area contributed by atoms with E-state index in [1.54, 1.807) is 12.3 Å². The molecule has 0 atom stereocenters. The molecular formula is C23H31N5O2. The zero-order valence-corrected chi connectivity index (χ0v) is 18.1. The van der Waals surface area contributed by atoms with Gasteiger partial charge < -0.3 is 20.0 Å². The Kier molecular flexibility index (Phi) is 7.41. The third-order valence-electron chi connectivity index (χ3n) is 5.54. The van der Waals surface area contributed by atoms with Crippen molar-refractivity contribution in [1.82, 2.24) is 20.1 Å². The number of benzene rings is 1. The predicted octanol–water partition coefficient (Wildman–Crippen LogP) is 2.25. The van der Waals surface area contributed by atoms with Crippen LogP contribution in [-0.4, -0.2) is 72.9 Å². The summed E-state index contributed by atoms with van der Waals surface area (Å²) in [4.78, 5) is 35.7. The molecule has 2 amide bonds. The fourth-order valence-electron chi connectivity index (χ4n) is 3.50. The summed E-state index contributed by atoms with van der Waals surface area (Å²) >= 11 is 0. The number of anilines is 1. The lowest BCUT2D eigenvalue weighted by Gasteiger charge is -2.32.